The number of hydrogen-bond donors (Lipinski definition) is 3. The van der Waals surface area contributed by atoms with Crippen molar-refractivity contribution in [2.75, 3.05) is 0 Å². The molecule has 1 aromatic heterocycles. The summed E-state index contributed by atoms with van der Waals surface area (Å²) in [5.74, 6) is -1.08. The molecule has 2 aromatic rings. The molecule has 0 amide bonds. The van der Waals surface area contributed by atoms with Crippen LogP contribution in [-0.4, -0.2) is 21.2 Å². The monoisotopic (exact) mass is 177 g/mol. The number of hydrogen-bond acceptors (Lipinski definition) is 2. The molecule has 66 valence electrons. The fraction of sp³-hybridized carbons (Fsp3) is 0. The summed E-state index contributed by atoms with van der Waals surface area (Å²) in [6.07, 6.45) is 1.65. The molecule has 0 aliphatic heterocycles. The van der Waals surface area contributed by atoms with Gasteiger partial charge < -0.3 is 15.2 Å². The van der Waals surface area contributed by atoms with Crippen molar-refractivity contribution in [1.82, 2.24) is 4.98 Å². The Morgan fingerprint density at radius 1 is 1.38 bits per heavy atom. The number of aromatic carboxylic acids is 1. The van der Waals surface area contributed by atoms with Gasteiger partial charge in [-0.25, -0.2) is 4.79 Å². The van der Waals surface area contributed by atoms with Crippen LogP contribution in [0, 0.1) is 0 Å². The predicted octanol–water partition coefficient (Wildman–Crippen LogP) is 1.57. The van der Waals surface area contributed by atoms with E-state index in [2.05, 4.69) is 4.98 Å². The fourth-order valence-corrected chi connectivity index (χ4v) is 1.28. The van der Waals surface area contributed by atoms with Gasteiger partial charge in [0.25, 0.3) is 0 Å². The molecular weight excluding hydrogens is 170 g/mol. The van der Waals surface area contributed by atoms with Crippen LogP contribution in [0.1, 0.15) is 10.4 Å². The summed E-state index contributed by atoms with van der Waals surface area (Å²) in [6.45, 7) is 0. The molecule has 0 unspecified atom stereocenters. The van der Waals surface area contributed by atoms with Gasteiger partial charge in [0.15, 0.2) is 0 Å². The SMILES string of the molecule is O=C(O)c1cc(O)c2[nH]ccc2c1. The van der Waals surface area contributed by atoms with Gasteiger partial charge in [-0.1, -0.05) is 0 Å². The highest BCUT2D eigenvalue weighted by atomic mass is 16.4. The quantitative estimate of drug-likeness (QED) is 0.619. The third-order valence-electron chi connectivity index (χ3n) is 1.89. The number of carboxylic acid groups (broad SMARTS) is 1. The molecule has 0 saturated carbocycles. The van der Waals surface area contributed by atoms with Crippen LogP contribution in [0.3, 0.4) is 0 Å². The van der Waals surface area contributed by atoms with Gasteiger partial charge in [-0.2, -0.15) is 0 Å². The molecule has 0 atom stereocenters. The van der Waals surface area contributed by atoms with Crippen molar-refractivity contribution in [3.63, 3.8) is 0 Å². The highest BCUT2D eigenvalue weighted by Gasteiger charge is 2.08. The largest absolute Gasteiger partial charge is 0.506 e. The highest BCUT2D eigenvalue weighted by molar-refractivity contribution is 5.96. The maximum absolute atomic E-state index is 10.6. The van der Waals surface area contributed by atoms with Gasteiger partial charge in [-0.05, 0) is 18.2 Å². The molecule has 0 aliphatic carbocycles. The van der Waals surface area contributed by atoms with Crippen LogP contribution in [0.2, 0.25) is 0 Å². The lowest BCUT2D eigenvalue weighted by Gasteiger charge is -1.97. The lowest BCUT2D eigenvalue weighted by atomic mass is 10.1. The second-order valence-corrected chi connectivity index (χ2v) is 2.74. The Morgan fingerprint density at radius 2 is 2.15 bits per heavy atom. The number of benzene rings is 1. The average molecular weight is 177 g/mol. The van der Waals surface area contributed by atoms with Crippen LogP contribution in [-0.2, 0) is 0 Å². The van der Waals surface area contributed by atoms with Crippen molar-refractivity contribution in [2.24, 2.45) is 0 Å². The standard InChI is InChI=1S/C9H7NO3/c11-7-4-6(9(12)13)3-5-1-2-10-8(5)7/h1-4,10-11H,(H,12,13). The Morgan fingerprint density at radius 3 is 2.85 bits per heavy atom. The van der Waals surface area contributed by atoms with E-state index in [9.17, 15) is 9.90 Å². The molecule has 0 spiro atoms. The molecule has 1 aromatic carbocycles. The molecule has 13 heavy (non-hydrogen) atoms. The topological polar surface area (TPSA) is 73.3 Å². The molecule has 4 heteroatoms. The first kappa shape index (κ1) is 7.67. The third-order valence-corrected chi connectivity index (χ3v) is 1.89. The normalized spacial score (nSPS) is 10.5. The number of carboxylic acids is 1. The highest BCUT2D eigenvalue weighted by Crippen LogP contribution is 2.24. The van der Waals surface area contributed by atoms with Crippen LogP contribution in [0.5, 0.6) is 5.75 Å². The number of phenols is 1. The summed E-state index contributed by atoms with van der Waals surface area (Å²) < 4.78 is 0. The van der Waals surface area contributed by atoms with Gasteiger partial charge in [0.2, 0.25) is 0 Å². The Balaban J connectivity index is 2.77. The second-order valence-electron chi connectivity index (χ2n) is 2.74. The number of nitrogens with one attached hydrogen (secondary N) is 1. The molecule has 0 radical (unpaired) electrons. The van der Waals surface area contributed by atoms with E-state index in [1.165, 1.54) is 12.1 Å². The van der Waals surface area contributed by atoms with E-state index in [-0.39, 0.29) is 11.3 Å². The Bertz CT molecular complexity index is 473. The van der Waals surface area contributed by atoms with Gasteiger partial charge in [0.05, 0.1) is 11.1 Å². The summed E-state index contributed by atoms with van der Waals surface area (Å²) in [6, 6.07) is 4.44. The van der Waals surface area contributed by atoms with Crippen LogP contribution in [0.25, 0.3) is 10.9 Å². The summed E-state index contributed by atoms with van der Waals surface area (Å²) >= 11 is 0. The Hall–Kier alpha value is -1.97. The number of H-pyrrole nitrogens is 1. The lowest BCUT2D eigenvalue weighted by molar-refractivity contribution is 0.0696. The smallest absolute Gasteiger partial charge is 0.335 e. The number of aromatic nitrogens is 1. The van der Waals surface area contributed by atoms with E-state index >= 15 is 0 Å². The Labute approximate surface area is 73.4 Å². The number of carbonyl (C=O) groups is 1. The van der Waals surface area contributed by atoms with Crippen molar-refractivity contribution in [3.8, 4) is 5.75 Å². The fourth-order valence-electron chi connectivity index (χ4n) is 1.28. The molecule has 0 aliphatic rings. The summed E-state index contributed by atoms with van der Waals surface area (Å²) in [5.41, 5.74) is 0.648. The molecule has 0 fully saturated rings. The molecule has 0 saturated heterocycles. The molecule has 2 rings (SSSR count). The van der Waals surface area contributed by atoms with Gasteiger partial charge in [0, 0.05) is 11.6 Å². The van der Waals surface area contributed by atoms with Crippen molar-refractivity contribution in [1.29, 1.82) is 0 Å². The van der Waals surface area contributed by atoms with Crippen LogP contribution in [0.15, 0.2) is 24.4 Å². The maximum Gasteiger partial charge on any atom is 0.335 e. The van der Waals surface area contributed by atoms with Gasteiger partial charge in [-0.3, -0.25) is 0 Å². The molecule has 0 bridgehead atoms. The van der Waals surface area contributed by atoms with E-state index in [0.717, 1.165) is 0 Å². The zero-order valence-corrected chi connectivity index (χ0v) is 6.61. The number of aromatic hydroxyl groups is 1. The molecule has 1 heterocycles. The van der Waals surface area contributed by atoms with Crippen LogP contribution in [0.4, 0.5) is 0 Å². The Kier molecular flexibility index (Phi) is 1.48. The summed E-state index contributed by atoms with van der Waals surface area (Å²) in [4.78, 5) is 13.4. The van der Waals surface area contributed by atoms with Gasteiger partial charge in [0.1, 0.15) is 5.75 Å². The molecular formula is C9H7NO3. The second kappa shape index (κ2) is 2.52. The van der Waals surface area contributed by atoms with Crippen molar-refractivity contribution in [2.45, 2.75) is 0 Å². The van der Waals surface area contributed by atoms with E-state index < -0.39 is 5.97 Å². The summed E-state index contributed by atoms with van der Waals surface area (Å²) in [7, 11) is 0. The van der Waals surface area contributed by atoms with E-state index in [1.54, 1.807) is 12.3 Å². The van der Waals surface area contributed by atoms with E-state index in [1.807, 2.05) is 0 Å². The maximum atomic E-state index is 10.6. The van der Waals surface area contributed by atoms with E-state index in [4.69, 9.17) is 5.11 Å². The average Bonchev–Trinajstić information content (AvgIpc) is 2.51. The van der Waals surface area contributed by atoms with Gasteiger partial charge >= 0.3 is 5.97 Å². The minimum absolute atomic E-state index is 0.0418. The number of aromatic amines is 1. The van der Waals surface area contributed by atoms with Gasteiger partial charge in [-0.15, -0.1) is 0 Å². The minimum atomic E-state index is -1.04. The minimum Gasteiger partial charge on any atom is -0.506 e. The zero-order valence-electron chi connectivity index (χ0n) is 6.61. The third kappa shape index (κ3) is 1.12. The first-order valence-electron chi connectivity index (χ1n) is 3.72. The van der Waals surface area contributed by atoms with Crippen LogP contribution < -0.4 is 0 Å². The predicted molar refractivity (Wildman–Crippen MR) is 46.9 cm³/mol. The molecule has 4 nitrogen and oxygen atoms in total. The van der Waals surface area contributed by atoms with Crippen molar-refractivity contribution in [3.05, 3.63) is 30.0 Å². The number of fused-ring (bicyclic) bond motifs is 1. The van der Waals surface area contributed by atoms with E-state index in [0.29, 0.717) is 10.9 Å². The van der Waals surface area contributed by atoms with Crippen molar-refractivity contribution >= 4 is 16.9 Å². The lowest BCUT2D eigenvalue weighted by Crippen LogP contribution is -1.95. The number of rotatable bonds is 1. The first-order valence-corrected chi connectivity index (χ1v) is 3.72. The molecule has 3 N–H and O–H groups in total. The number of phenolic OH excluding ortho intramolecular Hbond substituents is 1. The van der Waals surface area contributed by atoms with Crippen molar-refractivity contribution < 1.29 is 15.0 Å². The van der Waals surface area contributed by atoms with Crippen LogP contribution >= 0.6 is 0 Å². The zero-order chi connectivity index (χ0) is 9.42. The first-order chi connectivity index (χ1) is 6.18. The summed E-state index contributed by atoms with van der Waals surface area (Å²) in [5, 5.41) is 18.8.